The predicted octanol–water partition coefficient (Wildman–Crippen LogP) is 3.46. The Balaban J connectivity index is 1.43. The largest absolute Gasteiger partial charge is 0.480 e. The first-order valence-corrected chi connectivity index (χ1v) is 10.1. The lowest BCUT2D eigenvalue weighted by molar-refractivity contribution is 0.109. The third kappa shape index (κ3) is 2.77. The van der Waals surface area contributed by atoms with Gasteiger partial charge in [-0.25, -0.2) is 9.48 Å². The summed E-state index contributed by atoms with van der Waals surface area (Å²) in [5, 5.41) is 21.3. The zero-order valence-electron chi connectivity index (χ0n) is 16.9. The van der Waals surface area contributed by atoms with Crippen LogP contribution in [0.4, 0.5) is 10.6 Å². The van der Waals surface area contributed by atoms with Gasteiger partial charge in [-0.05, 0) is 43.0 Å². The highest BCUT2D eigenvalue weighted by atomic mass is 16.5. The quantitative estimate of drug-likeness (QED) is 0.621. The Kier molecular flexibility index (Phi) is 4.29. The molecule has 2 aliphatic carbocycles. The number of aliphatic hydroxyl groups is 1. The lowest BCUT2D eigenvalue weighted by atomic mass is 9.97. The fourth-order valence-corrected chi connectivity index (χ4v) is 4.58. The van der Waals surface area contributed by atoms with Crippen LogP contribution < -0.4 is 15.4 Å². The molecule has 5 rings (SSSR count). The van der Waals surface area contributed by atoms with E-state index in [0.717, 1.165) is 35.2 Å². The van der Waals surface area contributed by atoms with Gasteiger partial charge in [0.1, 0.15) is 5.82 Å². The Morgan fingerprint density at radius 2 is 1.87 bits per heavy atom. The molecule has 30 heavy (non-hydrogen) atoms. The van der Waals surface area contributed by atoms with Gasteiger partial charge < -0.3 is 15.2 Å². The van der Waals surface area contributed by atoms with Crippen LogP contribution >= 0.6 is 0 Å². The number of hydrogen-bond acceptors (Lipinski definition) is 4. The molecule has 1 heterocycles. The van der Waals surface area contributed by atoms with Crippen LogP contribution in [0.3, 0.4) is 0 Å². The maximum atomic E-state index is 13.0. The van der Waals surface area contributed by atoms with E-state index in [9.17, 15) is 9.90 Å². The maximum Gasteiger partial charge on any atom is 0.320 e. The number of rotatable bonds is 4. The van der Waals surface area contributed by atoms with Gasteiger partial charge in [-0.3, -0.25) is 5.32 Å². The second kappa shape index (κ2) is 6.88. The SMILES string of the molecule is COc1nn(-c2ccccc2)c(NC(=O)NC2c3ccccc3C3(CC3)C2O)c1C. The van der Waals surface area contributed by atoms with E-state index in [-0.39, 0.29) is 5.41 Å². The number of carbonyl (C=O) groups is 1. The fraction of sp³-hybridized carbons (Fsp3) is 0.304. The molecule has 0 aliphatic heterocycles. The molecule has 1 fully saturated rings. The van der Waals surface area contributed by atoms with E-state index in [1.807, 2.05) is 55.5 Å². The number of para-hydroxylation sites is 1. The zero-order valence-corrected chi connectivity index (χ0v) is 16.9. The number of amides is 2. The maximum absolute atomic E-state index is 13.0. The fourth-order valence-electron chi connectivity index (χ4n) is 4.58. The molecule has 0 saturated heterocycles. The Bertz CT molecular complexity index is 1100. The van der Waals surface area contributed by atoms with Crippen LogP contribution in [0.1, 0.15) is 35.6 Å². The summed E-state index contributed by atoms with van der Waals surface area (Å²) in [5.41, 5.74) is 3.46. The van der Waals surface area contributed by atoms with Gasteiger partial charge in [0.25, 0.3) is 0 Å². The number of urea groups is 1. The second-order valence-electron chi connectivity index (χ2n) is 7.99. The van der Waals surface area contributed by atoms with Gasteiger partial charge >= 0.3 is 6.03 Å². The number of aromatic nitrogens is 2. The normalized spacial score (nSPS) is 20.6. The van der Waals surface area contributed by atoms with Gasteiger partial charge in [0.2, 0.25) is 5.88 Å². The van der Waals surface area contributed by atoms with Gasteiger partial charge in [0.15, 0.2) is 0 Å². The summed E-state index contributed by atoms with van der Waals surface area (Å²) in [6, 6.07) is 16.7. The minimum atomic E-state index is -0.629. The molecule has 2 aromatic carbocycles. The van der Waals surface area contributed by atoms with Crippen molar-refractivity contribution in [2.75, 3.05) is 12.4 Å². The molecule has 0 bridgehead atoms. The first-order valence-electron chi connectivity index (χ1n) is 10.1. The average molecular weight is 404 g/mol. The third-order valence-electron chi connectivity index (χ3n) is 6.29. The number of benzene rings is 2. The standard InChI is InChI=1S/C23H24N4O3/c1-14-20(27(26-21(14)30-2)15-8-4-3-5-9-15)25-22(29)24-18-16-10-6-7-11-17(16)23(12-13-23)19(18)28/h3-11,18-19,28H,12-13H2,1-2H3,(H2,24,25,29). The van der Waals surface area contributed by atoms with Crippen LogP contribution in [-0.2, 0) is 5.41 Å². The zero-order chi connectivity index (χ0) is 20.9. The molecule has 1 spiro atoms. The number of nitrogens with zero attached hydrogens (tertiary/aromatic N) is 2. The van der Waals surface area contributed by atoms with E-state index in [2.05, 4.69) is 21.8 Å². The van der Waals surface area contributed by atoms with Crippen molar-refractivity contribution in [1.29, 1.82) is 0 Å². The monoisotopic (exact) mass is 404 g/mol. The third-order valence-corrected chi connectivity index (χ3v) is 6.29. The van der Waals surface area contributed by atoms with Crippen molar-refractivity contribution in [2.24, 2.45) is 0 Å². The van der Waals surface area contributed by atoms with Gasteiger partial charge in [0, 0.05) is 5.41 Å². The molecule has 2 aliphatic rings. The number of methoxy groups -OCH3 is 1. The van der Waals surface area contributed by atoms with Crippen molar-refractivity contribution in [3.05, 3.63) is 71.3 Å². The van der Waals surface area contributed by atoms with Crippen molar-refractivity contribution in [1.82, 2.24) is 15.1 Å². The molecule has 2 atom stereocenters. The van der Waals surface area contributed by atoms with Crippen molar-refractivity contribution in [2.45, 2.75) is 37.3 Å². The van der Waals surface area contributed by atoms with Gasteiger partial charge in [-0.2, -0.15) is 0 Å². The molecule has 1 saturated carbocycles. The average Bonchev–Trinajstić information content (AvgIpc) is 3.48. The van der Waals surface area contributed by atoms with E-state index in [1.165, 1.54) is 0 Å². The molecule has 7 heteroatoms. The number of carbonyl (C=O) groups excluding carboxylic acids is 1. The number of ether oxygens (including phenoxy) is 1. The van der Waals surface area contributed by atoms with Crippen molar-refractivity contribution in [3.8, 4) is 11.6 Å². The molecule has 2 unspecified atom stereocenters. The Labute approximate surface area is 174 Å². The second-order valence-corrected chi connectivity index (χ2v) is 7.99. The highest BCUT2D eigenvalue weighted by Crippen LogP contribution is 2.59. The molecular weight excluding hydrogens is 380 g/mol. The molecule has 2 amide bonds. The minimum Gasteiger partial charge on any atom is -0.480 e. The van der Waals surface area contributed by atoms with Gasteiger partial charge in [-0.1, -0.05) is 42.5 Å². The van der Waals surface area contributed by atoms with Crippen LogP contribution in [0, 0.1) is 6.92 Å². The predicted molar refractivity (Wildman–Crippen MR) is 113 cm³/mol. The van der Waals surface area contributed by atoms with Crippen molar-refractivity contribution < 1.29 is 14.6 Å². The summed E-state index contributed by atoms with van der Waals surface area (Å²) < 4.78 is 7.01. The highest BCUT2D eigenvalue weighted by molar-refractivity contribution is 5.90. The molecular formula is C23H24N4O3. The lowest BCUT2D eigenvalue weighted by Crippen LogP contribution is -2.39. The molecule has 7 nitrogen and oxygen atoms in total. The van der Waals surface area contributed by atoms with Gasteiger partial charge in [0.05, 0.1) is 30.5 Å². The minimum absolute atomic E-state index is 0.209. The number of fused-ring (bicyclic) bond motifs is 2. The lowest BCUT2D eigenvalue weighted by Gasteiger charge is -2.21. The van der Waals surface area contributed by atoms with E-state index in [4.69, 9.17) is 4.74 Å². The van der Waals surface area contributed by atoms with E-state index in [1.54, 1.807) is 11.8 Å². The molecule has 154 valence electrons. The Hall–Kier alpha value is -3.32. The molecule has 1 aromatic heterocycles. The number of nitrogens with one attached hydrogen (secondary N) is 2. The van der Waals surface area contributed by atoms with Gasteiger partial charge in [-0.15, -0.1) is 5.10 Å². The van der Waals surface area contributed by atoms with Crippen LogP contribution in [0.5, 0.6) is 5.88 Å². The van der Waals surface area contributed by atoms with E-state index < -0.39 is 18.2 Å². The van der Waals surface area contributed by atoms with Crippen LogP contribution in [-0.4, -0.2) is 34.1 Å². The summed E-state index contributed by atoms with van der Waals surface area (Å²) in [4.78, 5) is 13.0. The van der Waals surface area contributed by atoms with E-state index in [0.29, 0.717) is 11.7 Å². The highest BCUT2D eigenvalue weighted by Gasteiger charge is 2.59. The first-order chi connectivity index (χ1) is 14.5. The van der Waals surface area contributed by atoms with Crippen molar-refractivity contribution >= 4 is 11.8 Å². The summed E-state index contributed by atoms with van der Waals surface area (Å²) in [7, 11) is 1.55. The summed E-state index contributed by atoms with van der Waals surface area (Å²) in [5.74, 6) is 0.967. The summed E-state index contributed by atoms with van der Waals surface area (Å²) in [6.07, 6.45) is 1.26. The topological polar surface area (TPSA) is 88.4 Å². The number of anilines is 1. The van der Waals surface area contributed by atoms with Crippen LogP contribution in [0.15, 0.2) is 54.6 Å². The number of hydrogen-bond donors (Lipinski definition) is 3. The molecule has 3 N–H and O–H groups in total. The van der Waals surface area contributed by atoms with Crippen molar-refractivity contribution in [3.63, 3.8) is 0 Å². The number of aliphatic hydroxyl groups excluding tert-OH is 1. The molecule has 3 aromatic rings. The summed E-state index contributed by atoms with van der Waals surface area (Å²) >= 11 is 0. The van der Waals surface area contributed by atoms with Crippen LogP contribution in [0.2, 0.25) is 0 Å². The van der Waals surface area contributed by atoms with E-state index >= 15 is 0 Å². The van der Waals surface area contributed by atoms with Crippen LogP contribution in [0.25, 0.3) is 5.69 Å². The Morgan fingerprint density at radius 3 is 2.57 bits per heavy atom. The smallest absolute Gasteiger partial charge is 0.320 e. The first kappa shape index (κ1) is 18.7. The Morgan fingerprint density at radius 1 is 1.17 bits per heavy atom. The summed E-state index contributed by atoms with van der Waals surface area (Å²) in [6.45, 7) is 1.85. The molecule has 0 radical (unpaired) electrons.